The van der Waals surface area contributed by atoms with Gasteiger partial charge in [0.05, 0.1) is 0 Å². The number of amides is 1. The highest BCUT2D eigenvalue weighted by Crippen LogP contribution is 2.38. The highest BCUT2D eigenvalue weighted by Gasteiger charge is 2.45. The van der Waals surface area contributed by atoms with E-state index in [1.807, 2.05) is 0 Å². The molecular weight excluding hydrogens is 292 g/mol. The van der Waals surface area contributed by atoms with Crippen LogP contribution in [0.15, 0.2) is 10.6 Å². The largest absolute Gasteiger partial charge is 0.361 e. The van der Waals surface area contributed by atoms with Crippen molar-refractivity contribution in [1.29, 1.82) is 0 Å². The van der Waals surface area contributed by atoms with Crippen LogP contribution in [0.3, 0.4) is 0 Å². The van der Waals surface area contributed by atoms with Crippen LogP contribution in [0.5, 0.6) is 0 Å². The van der Waals surface area contributed by atoms with Gasteiger partial charge in [-0.25, -0.2) is 0 Å². The molecule has 6 nitrogen and oxygen atoms in total. The molecule has 6 heteroatoms. The number of fused-ring (bicyclic) bond motifs is 4. The number of carbonyl (C=O) groups is 1. The van der Waals surface area contributed by atoms with Gasteiger partial charge in [0.1, 0.15) is 5.76 Å². The van der Waals surface area contributed by atoms with Crippen molar-refractivity contribution < 1.29 is 9.32 Å². The molecule has 3 aliphatic rings. The summed E-state index contributed by atoms with van der Waals surface area (Å²) in [6.45, 7) is 5.93. The molecule has 126 valence electrons. The molecule has 4 heterocycles. The molecule has 4 rings (SSSR count). The average Bonchev–Trinajstić information content (AvgIpc) is 3.01. The molecule has 1 amide bonds. The van der Waals surface area contributed by atoms with E-state index in [9.17, 15) is 4.79 Å². The van der Waals surface area contributed by atoms with Crippen LogP contribution in [0.1, 0.15) is 41.9 Å². The number of hydrogen-bond acceptors (Lipinski definition) is 5. The summed E-state index contributed by atoms with van der Waals surface area (Å²) < 4.78 is 5.00. The van der Waals surface area contributed by atoms with Gasteiger partial charge in [0, 0.05) is 24.7 Å². The van der Waals surface area contributed by atoms with Gasteiger partial charge in [-0.1, -0.05) is 11.6 Å². The molecule has 2 bridgehead atoms. The first kappa shape index (κ1) is 15.1. The summed E-state index contributed by atoms with van der Waals surface area (Å²) >= 11 is 0. The fourth-order valence-corrected chi connectivity index (χ4v) is 4.81. The average molecular weight is 318 g/mol. The van der Waals surface area contributed by atoms with Crippen molar-refractivity contribution in [3.05, 3.63) is 17.5 Å². The molecule has 2 N–H and O–H groups in total. The monoisotopic (exact) mass is 318 g/mol. The van der Waals surface area contributed by atoms with Gasteiger partial charge in [-0.05, 0) is 57.7 Å². The Morgan fingerprint density at radius 2 is 2.30 bits per heavy atom. The van der Waals surface area contributed by atoms with Gasteiger partial charge < -0.3 is 15.2 Å². The molecule has 0 saturated carbocycles. The second-order valence-corrected chi connectivity index (χ2v) is 7.32. The smallest absolute Gasteiger partial charge is 0.273 e. The lowest BCUT2D eigenvalue weighted by molar-refractivity contribution is -0.0371. The van der Waals surface area contributed by atoms with Crippen molar-refractivity contribution in [3.8, 4) is 0 Å². The fraction of sp³-hybridized carbons (Fsp3) is 0.765. The van der Waals surface area contributed by atoms with E-state index in [2.05, 4.69) is 20.7 Å². The predicted molar refractivity (Wildman–Crippen MR) is 86.2 cm³/mol. The number of aryl methyl sites for hydroxylation is 1. The Balaban J connectivity index is 1.44. The van der Waals surface area contributed by atoms with Gasteiger partial charge in [0.25, 0.3) is 5.91 Å². The Morgan fingerprint density at radius 1 is 1.43 bits per heavy atom. The summed E-state index contributed by atoms with van der Waals surface area (Å²) in [5.74, 6) is 1.98. The summed E-state index contributed by atoms with van der Waals surface area (Å²) in [6, 6.07) is 2.84. The number of aromatic nitrogens is 1. The summed E-state index contributed by atoms with van der Waals surface area (Å²) in [7, 11) is 0. The first-order valence-electron chi connectivity index (χ1n) is 8.90. The summed E-state index contributed by atoms with van der Waals surface area (Å²) in [5.41, 5.74) is 0.383. The number of nitrogens with zero attached hydrogens (tertiary/aromatic N) is 2. The van der Waals surface area contributed by atoms with Crippen molar-refractivity contribution >= 4 is 5.91 Å². The van der Waals surface area contributed by atoms with Crippen LogP contribution in [0, 0.1) is 18.8 Å². The first-order chi connectivity index (χ1) is 11.2. The third-order valence-electron chi connectivity index (χ3n) is 5.86. The van der Waals surface area contributed by atoms with Crippen molar-refractivity contribution in [2.24, 2.45) is 11.8 Å². The van der Waals surface area contributed by atoms with E-state index in [0.717, 1.165) is 19.0 Å². The lowest BCUT2D eigenvalue weighted by Crippen LogP contribution is -2.65. The molecule has 0 unspecified atom stereocenters. The maximum absolute atomic E-state index is 12.3. The number of carbonyl (C=O) groups excluding carboxylic acids is 1. The van der Waals surface area contributed by atoms with Gasteiger partial charge in [-0.2, -0.15) is 0 Å². The molecule has 0 spiro atoms. The molecule has 3 saturated heterocycles. The number of rotatable bonds is 3. The minimum absolute atomic E-state index is 0.124. The van der Waals surface area contributed by atoms with Gasteiger partial charge in [-0.15, -0.1) is 0 Å². The SMILES string of the molecule is Cc1cc(C(=O)NC[C@H]2[C@@H]3CNC[C@@H](C3)[C@@H]3CCCCN32)no1. The Hall–Kier alpha value is -1.40. The standard InChI is InChI=1S/C17H26N4O2/c1-11-6-14(20-23-11)17(22)19-10-16-13-7-12(8-18-9-13)15-4-2-3-5-21(15)16/h6,12-13,15-16,18H,2-5,7-10H2,1H3,(H,19,22)/t12-,13+,15+,16+/m1/s1. The quantitative estimate of drug-likeness (QED) is 0.876. The van der Waals surface area contributed by atoms with E-state index >= 15 is 0 Å². The highest BCUT2D eigenvalue weighted by atomic mass is 16.5. The third kappa shape index (κ3) is 2.90. The minimum Gasteiger partial charge on any atom is -0.361 e. The van der Waals surface area contributed by atoms with Crippen LogP contribution < -0.4 is 10.6 Å². The maximum atomic E-state index is 12.3. The highest BCUT2D eigenvalue weighted by molar-refractivity contribution is 5.92. The summed E-state index contributed by atoms with van der Waals surface area (Å²) in [6.07, 6.45) is 5.25. The van der Waals surface area contributed by atoms with Crippen LogP contribution in [0.4, 0.5) is 0 Å². The Bertz CT molecular complexity index is 573. The minimum atomic E-state index is -0.124. The lowest BCUT2D eigenvalue weighted by atomic mass is 9.73. The van der Waals surface area contributed by atoms with E-state index < -0.39 is 0 Å². The topological polar surface area (TPSA) is 70.4 Å². The number of piperidine rings is 3. The van der Waals surface area contributed by atoms with Crippen molar-refractivity contribution in [1.82, 2.24) is 20.7 Å². The second-order valence-electron chi connectivity index (χ2n) is 7.32. The van der Waals surface area contributed by atoms with Gasteiger partial charge in [0.15, 0.2) is 5.69 Å². The Labute approximate surface area is 137 Å². The maximum Gasteiger partial charge on any atom is 0.273 e. The van der Waals surface area contributed by atoms with Crippen LogP contribution >= 0.6 is 0 Å². The van der Waals surface area contributed by atoms with Crippen molar-refractivity contribution in [2.45, 2.75) is 44.7 Å². The Kier molecular flexibility index (Phi) is 4.11. The Morgan fingerprint density at radius 3 is 3.13 bits per heavy atom. The van der Waals surface area contributed by atoms with Crippen molar-refractivity contribution in [2.75, 3.05) is 26.2 Å². The van der Waals surface area contributed by atoms with Gasteiger partial charge in [-0.3, -0.25) is 9.69 Å². The predicted octanol–water partition coefficient (Wildman–Crippen LogP) is 1.18. The summed E-state index contributed by atoms with van der Waals surface area (Å²) in [5, 5.41) is 10.5. The zero-order valence-electron chi connectivity index (χ0n) is 13.8. The molecule has 0 radical (unpaired) electrons. The number of nitrogens with one attached hydrogen (secondary N) is 2. The van der Waals surface area contributed by atoms with E-state index in [4.69, 9.17) is 4.52 Å². The third-order valence-corrected chi connectivity index (χ3v) is 5.86. The molecule has 1 aromatic rings. The molecule has 3 aliphatic heterocycles. The molecule has 3 fully saturated rings. The fourth-order valence-electron chi connectivity index (χ4n) is 4.81. The van der Waals surface area contributed by atoms with Crippen molar-refractivity contribution in [3.63, 3.8) is 0 Å². The van der Waals surface area contributed by atoms with E-state index in [0.29, 0.717) is 36.0 Å². The zero-order chi connectivity index (χ0) is 15.8. The molecular formula is C17H26N4O2. The molecule has 0 aromatic carbocycles. The van der Waals surface area contributed by atoms with Crippen LogP contribution in [0.2, 0.25) is 0 Å². The van der Waals surface area contributed by atoms with Crippen LogP contribution in [-0.2, 0) is 0 Å². The van der Waals surface area contributed by atoms with Crippen LogP contribution in [0.25, 0.3) is 0 Å². The normalized spacial score (nSPS) is 34.0. The molecule has 4 atom stereocenters. The van der Waals surface area contributed by atoms with Gasteiger partial charge in [0.2, 0.25) is 0 Å². The van der Waals surface area contributed by atoms with E-state index in [1.165, 1.54) is 32.2 Å². The number of hydrogen-bond donors (Lipinski definition) is 2. The zero-order valence-corrected chi connectivity index (χ0v) is 13.8. The summed E-state index contributed by atoms with van der Waals surface area (Å²) in [4.78, 5) is 15.0. The molecule has 1 aromatic heterocycles. The second kappa shape index (κ2) is 6.24. The van der Waals surface area contributed by atoms with Crippen LogP contribution in [-0.4, -0.2) is 54.2 Å². The van der Waals surface area contributed by atoms with Gasteiger partial charge >= 0.3 is 0 Å². The lowest BCUT2D eigenvalue weighted by Gasteiger charge is -2.55. The van der Waals surface area contributed by atoms with E-state index in [-0.39, 0.29) is 5.91 Å². The van der Waals surface area contributed by atoms with E-state index in [1.54, 1.807) is 13.0 Å². The molecule has 23 heavy (non-hydrogen) atoms. The molecule has 0 aliphatic carbocycles. The first-order valence-corrected chi connectivity index (χ1v) is 8.90.